The topological polar surface area (TPSA) is 94.2 Å². The number of carbonyl (C=O) groups is 1. The first-order valence-electron chi connectivity index (χ1n) is 10.5. The lowest BCUT2D eigenvalue weighted by atomic mass is 10.0. The van der Waals surface area contributed by atoms with Crippen LogP contribution in [-0.2, 0) is 32.0 Å². The summed E-state index contributed by atoms with van der Waals surface area (Å²) in [5, 5.41) is 3.00. The summed E-state index contributed by atoms with van der Waals surface area (Å²) >= 11 is 0. The SMILES string of the molecule is Cc1ccccc1CN1CCC(NC(=O)Cn2c(=O)c3c(ncn3C)n(C)c2=O)CC1. The van der Waals surface area contributed by atoms with E-state index in [0.717, 1.165) is 37.0 Å². The molecule has 9 nitrogen and oxygen atoms in total. The summed E-state index contributed by atoms with van der Waals surface area (Å²) in [6.45, 7) is 4.51. The van der Waals surface area contributed by atoms with E-state index in [0.29, 0.717) is 11.2 Å². The number of nitrogens with zero attached hydrogens (tertiary/aromatic N) is 5. The molecule has 1 aliphatic rings. The van der Waals surface area contributed by atoms with Gasteiger partial charge in [0, 0.05) is 39.8 Å². The van der Waals surface area contributed by atoms with Crippen molar-refractivity contribution in [2.24, 2.45) is 14.1 Å². The van der Waals surface area contributed by atoms with Gasteiger partial charge in [-0.2, -0.15) is 0 Å². The normalized spacial score (nSPS) is 15.5. The molecule has 3 heterocycles. The molecule has 2 aromatic heterocycles. The number of piperidine rings is 1. The van der Waals surface area contributed by atoms with E-state index >= 15 is 0 Å². The largest absolute Gasteiger partial charge is 0.352 e. The molecular formula is C22H28N6O3. The summed E-state index contributed by atoms with van der Waals surface area (Å²) in [5.74, 6) is -0.321. The monoisotopic (exact) mass is 424 g/mol. The Morgan fingerprint density at radius 1 is 1.16 bits per heavy atom. The molecule has 31 heavy (non-hydrogen) atoms. The number of hydrogen-bond donors (Lipinski definition) is 1. The van der Waals surface area contributed by atoms with Crippen LogP contribution in [-0.4, -0.2) is 48.6 Å². The Kier molecular flexibility index (Phi) is 5.77. The first-order valence-corrected chi connectivity index (χ1v) is 10.5. The Bertz CT molecular complexity index is 1230. The molecule has 9 heteroatoms. The van der Waals surface area contributed by atoms with Crippen LogP contribution in [0.15, 0.2) is 40.2 Å². The van der Waals surface area contributed by atoms with Crippen LogP contribution in [0.5, 0.6) is 0 Å². The number of hydrogen-bond acceptors (Lipinski definition) is 5. The van der Waals surface area contributed by atoms with Crippen LogP contribution >= 0.6 is 0 Å². The lowest BCUT2D eigenvalue weighted by Gasteiger charge is -2.32. The minimum atomic E-state index is -0.542. The third-order valence-corrected chi connectivity index (χ3v) is 6.11. The fourth-order valence-electron chi connectivity index (χ4n) is 4.22. The summed E-state index contributed by atoms with van der Waals surface area (Å²) in [7, 11) is 3.24. The predicted molar refractivity (Wildman–Crippen MR) is 118 cm³/mol. The molecule has 4 rings (SSSR count). The average Bonchev–Trinajstić information content (AvgIpc) is 3.14. The Morgan fingerprint density at radius 2 is 1.87 bits per heavy atom. The van der Waals surface area contributed by atoms with Crippen LogP contribution in [0.3, 0.4) is 0 Å². The first-order chi connectivity index (χ1) is 14.8. The molecule has 0 spiro atoms. The standard InChI is InChI=1S/C22H28N6O3/c1-15-6-4-5-7-16(15)12-27-10-8-17(9-11-27)24-18(29)13-28-21(30)19-20(23-14-25(19)2)26(3)22(28)31/h4-7,14,17H,8-13H2,1-3H3,(H,24,29). The molecule has 1 aromatic carbocycles. The number of nitrogens with one attached hydrogen (secondary N) is 1. The second kappa shape index (κ2) is 8.50. The van der Waals surface area contributed by atoms with Crippen molar-refractivity contribution in [3.8, 4) is 0 Å². The Labute approximate surface area is 179 Å². The molecule has 3 aromatic rings. The Morgan fingerprint density at radius 3 is 2.58 bits per heavy atom. The van der Waals surface area contributed by atoms with Crippen LogP contribution in [0, 0.1) is 6.92 Å². The number of aromatic nitrogens is 4. The Balaban J connectivity index is 1.38. The van der Waals surface area contributed by atoms with Crippen molar-refractivity contribution in [3.05, 3.63) is 62.6 Å². The first kappa shape index (κ1) is 21.0. The summed E-state index contributed by atoms with van der Waals surface area (Å²) in [5.41, 5.74) is 2.19. The highest BCUT2D eigenvalue weighted by molar-refractivity contribution is 5.77. The van der Waals surface area contributed by atoms with Crippen LogP contribution in [0.2, 0.25) is 0 Å². The second-order valence-electron chi connectivity index (χ2n) is 8.30. The van der Waals surface area contributed by atoms with Crippen LogP contribution in [0.1, 0.15) is 24.0 Å². The van der Waals surface area contributed by atoms with E-state index in [2.05, 4.69) is 40.3 Å². The maximum absolute atomic E-state index is 12.8. The molecule has 1 saturated heterocycles. The highest BCUT2D eigenvalue weighted by atomic mass is 16.2. The number of imidazole rings is 1. The van der Waals surface area contributed by atoms with Crippen LogP contribution < -0.4 is 16.6 Å². The minimum absolute atomic E-state index is 0.0422. The third-order valence-electron chi connectivity index (χ3n) is 6.11. The molecule has 0 radical (unpaired) electrons. The average molecular weight is 425 g/mol. The van der Waals surface area contributed by atoms with Crippen molar-refractivity contribution in [1.82, 2.24) is 28.9 Å². The smallest absolute Gasteiger partial charge is 0.332 e. The summed E-state index contributed by atoms with van der Waals surface area (Å²) in [4.78, 5) is 44.4. The van der Waals surface area contributed by atoms with Gasteiger partial charge in [0.25, 0.3) is 5.56 Å². The molecule has 1 aliphatic heterocycles. The van der Waals surface area contributed by atoms with E-state index in [1.807, 2.05) is 6.07 Å². The van der Waals surface area contributed by atoms with E-state index in [-0.39, 0.29) is 18.5 Å². The summed E-state index contributed by atoms with van der Waals surface area (Å²) in [6.07, 6.45) is 3.16. The molecule has 0 aliphatic carbocycles. The minimum Gasteiger partial charge on any atom is -0.352 e. The predicted octanol–water partition coefficient (Wildman–Crippen LogP) is 0.523. The summed E-state index contributed by atoms with van der Waals surface area (Å²) < 4.78 is 3.84. The molecule has 0 unspecified atom stereocenters. The zero-order valence-corrected chi connectivity index (χ0v) is 18.2. The van der Waals surface area contributed by atoms with Gasteiger partial charge in [-0.25, -0.2) is 14.3 Å². The van der Waals surface area contributed by atoms with Gasteiger partial charge in [0.15, 0.2) is 11.2 Å². The van der Waals surface area contributed by atoms with Gasteiger partial charge in [0.2, 0.25) is 5.91 Å². The maximum atomic E-state index is 12.8. The van der Waals surface area contributed by atoms with Crippen molar-refractivity contribution >= 4 is 17.1 Å². The number of carbonyl (C=O) groups excluding carboxylic acids is 1. The van der Waals surface area contributed by atoms with Crippen molar-refractivity contribution in [3.63, 3.8) is 0 Å². The van der Waals surface area contributed by atoms with E-state index in [1.165, 1.54) is 22.0 Å². The molecule has 1 N–H and O–H groups in total. The lowest BCUT2D eigenvalue weighted by Crippen LogP contribution is -2.48. The number of likely N-dealkylation sites (tertiary alicyclic amines) is 1. The third kappa shape index (κ3) is 4.18. The molecule has 0 bridgehead atoms. The molecule has 1 amide bonds. The van der Waals surface area contributed by atoms with Gasteiger partial charge in [-0.3, -0.25) is 19.1 Å². The van der Waals surface area contributed by atoms with Crippen molar-refractivity contribution < 1.29 is 4.79 Å². The number of rotatable bonds is 5. The van der Waals surface area contributed by atoms with Crippen molar-refractivity contribution in [1.29, 1.82) is 0 Å². The van der Waals surface area contributed by atoms with Crippen LogP contribution in [0.4, 0.5) is 0 Å². The lowest BCUT2D eigenvalue weighted by molar-refractivity contribution is -0.122. The quantitative estimate of drug-likeness (QED) is 0.645. The molecule has 0 atom stereocenters. The summed E-state index contributed by atoms with van der Waals surface area (Å²) in [6, 6.07) is 8.42. The number of benzene rings is 1. The van der Waals surface area contributed by atoms with E-state index in [4.69, 9.17) is 0 Å². The van der Waals surface area contributed by atoms with E-state index < -0.39 is 11.2 Å². The fourth-order valence-corrected chi connectivity index (χ4v) is 4.22. The number of fused-ring (bicyclic) bond motifs is 1. The maximum Gasteiger partial charge on any atom is 0.332 e. The van der Waals surface area contributed by atoms with Gasteiger partial charge in [-0.15, -0.1) is 0 Å². The molecule has 0 saturated carbocycles. The number of amides is 1. The van der Waals surface area contributed by atoms with Crippen LogP contribution in [0.25, 0.3) is 11.2 Å². The van der Waals surface area contributed by atoms with E-state index in [1.54, 1.807) is 18.7 Å². The van der Waals surface area contributed by atoms with E-state index in [9.17, 15) is 14.4 Å². The second-order valence-corrected chi connectivity index (χ2v) is 8.30. The van der Waals surface area contributed by atoms with Gasteiger partial charge in [-0.05, 0) is 30.9 Å². The zero-order chi connectivity index (χ0) is 22.1. The highest BCUT2D eigenvalue weighted by Gasteiger charge is 2.22. The van der Waals surface area contributed by atoms with Gasteiger partial charge in [0.05, 0.1) is 6.33 Å². The molecule has 1 fully saturated rings. The fraction of sp³-hybridized carbons (Fsp3) is 0.455. The number of aryl methyl sites for hydroxylation is 3. The zero-order valence-electron chi connectivity index (χ0n) is 18.2. The van der Waals surface area contributed by atoms with Gasteiger partial charge in [0.1, 0.15) is 6.54 Å². The van der Waals surface area contributed by atoms with Gasteiger partial charge >= 0.3 is 5.69 Å². The van der Waals surface area contributed by atoms with Crippen molar-refractivity contribution in [2.75, 3.05) is 13.1 Å². The van der Waals surface area contributed by atoms with Gasteiger partial charge in [-0.1, -0.05) is 24.3 Å². The molecular weight excluding hydrogens is 396 g/mol. The van der Waals surface area contributed by atoms with Gasteiger partial charge < -0.3 is 9.88 Å². The highest BCUT2D eigenvalue weighted by Crippen LogP contribution is 2.16. The Hall–Kier alpha value is -3.20. The molecule has 164 valence electrons. The van der Waals surface area contributed by atoms with Crippen molar-refractivity contribution in [2.45, 2.75) is 38.9 Å².